The molecular formula is C56H36N2O. The molecule has 3 nitrogen and oxygen atoms in total. The molecule has 3 heteroatoms. The first-order chi connectivity index (χ1) is 29.2. The molecule has 12 rings (SSSR count). The summed E-state index contributed by atoms with van der Waals surface area (Å²) in [6.45, 7) is 0. The van der Waals surface area contributed by atoms with Crippen LogP contribution in [0.25, 0.3) is 93.2 Å². The van der Waals surface area contributed by atoms with Gasteiger partial charge in [-0.15, -0.1) is 0 Å². The Morgan fingerprint density at radius 2 is 0.966 bits per heavy atom. The molecule has 59 heavy (non-hydrogen) atoms. The molecule has 0 atom stereocenters. The highest BCUT2D eigenvalue weighted by atomic mass is 16.3. The van der Waals surface area contributed by atoms with Crippen molar-refractivity contribution >= 4 is 82.4 Å². The molecule has 0 spiro atoms. The van der Waals surface area contributed by atoms with Crippen LogP contribution in [0.1, 0.15) is 0 Å². The van der Waals surface area contributed by atoms with E-state index in [1.54, 1.807) is 0 Å². The molecule has 2 heterocycles. The van der Waals surface area contributed by atoms with E-state index in [0.29, 0.717) is 0 Å². The topological polar surface area (TPSA) is 21.3 Å². The zero-order chi connectivity index (χ0) is 38.9. The summed E-state index contributed by atoms with van der Waals surface area (Å²) in [7, 11) is 0. The Hall–Kier alpha value is -7.88. The van der Waals surface area contributed by atoms with Crippen LogP contribution in [-0.4, -0.2) is 4.57 Å². The van der Waals surface area contributed by atoms with Gasteiger partial charge in [0.15, 0.2) is 0 Å². The summed E-state index contributed by atoms with van der Waals surface area (Å²) in [5.74, 6) is 0. The average molecular weight is 753 g/mol. The van der Waals surface area contributed by atoms with Gasteiger partial charge in [0.2, 0.25) is 0 Å². The Morgan fingerprint density at radius 1 is 0.339 bits per heavy atom. The van der Waals surface area contributed by atoms with Crippen LogP contribution in [0.3, 0.4) is 0 Å². The molecule has 0 saturated heterocycles. The maximum Gasteiger partial charge on any atom is 0.137 e. The summed E-state index contributed by atoms with van der Waals surface area (Å²) < 4.78 is 9.21. The number of hydrogen-bond acceptors (Lipinski definition) is 2. The lowest BCUT2D eigenvalue weighted by atomic mass is 9.94. The van der Waals surface area contributed by atoms with Crippen LogP contribution >= 0.6 is 0 Å². The Labute approximate surface area is 341 Å². The van der Waals surface area contributed by atoms with Crippen molar-refractivity contribution in [3.63, 3.8) is 0 Å². The molecule has 0 aliphatic rings. The molecule has 0 radical (unpaired) electrons. The standard InChI is InChI=1S/C56H36N2O/c1-3-12-37(13-4-1)39-22-27-44(28-23-39)57(45-29-24-38-14-7-8-15-41(38)34-45)46-30-32-50-54(36-46)59-53-33-26-40-16-11-20-47(55(40)56(50)53)42-25-31-49-48-19-9-10-21-51(48)58(52(49)35-42)43-17-5-2-6-18-43/h1-36H. The zero-order valence-electron chi connectivity index (χ0n) is 32.1. The van der Waals surface area contributed by atoms with E-state index in [-0.39, 0.29) is 0 Å². The predicted octanol–water partition coefficient (Wildman–Crippen LogP) is 15.8. The summed E-state index contributed by atoms with van der Waals surface area (Å²) in [6, 6.07) is 78.6. The first kappa shape index (κ1) is 33.3. The van der Waals surface area contributed by atoms with E-state index in [0.717, 1.165) is 44.7 Å². The summed E-state index contributed by atoms with van der Waals surface area (Å²) >= 11 is 0. The van der Waals surface area contributed by atoms with Crippen molar-refractivity contribution < 1.29 is 4.42 Å². The molecule has 276 valence electrons. The van der Waals surface area contributed by atoms with Crippen LogP contribution in [0.4, 0.5) is 17.1 Å². The van der Waals surface area contributed by atoms with Gasteiger partial charge in [-0.05, 0) is 105 Å². The molecule has 2 aromatic heterocycles. The average Bonchev–Trinajstić information content (AvgIpc) is 3.85. The quantitative estimate of drug-likeness (QED) is 0.169. The molecule has 0 aliphatic carbocycles. The fourth-order valence-corrected chi connectivity index (χ4v) is 9.20. The molecule has 0 bridgehead atoms. The van der Waals surface area contributed by atoms with E-state index in [1.165, 1.54) is 65.6 Å². The van der Waals surface area contributed by atoms with E-state index in [9.17, 15) is 0 Å². The molecule has 0 saturated carbocycles. The third-order valence-corrected chi connectivity index (χ3v) is 11.9. The van der Waals surface area contributed by atoms with Gasteiger partial charge in [0.25, 0.3) is 0 Å². The minimum Gasteiger partial charge on any atom is -0.456 e. The van der Waals surface area contributed by atoms with Gasteiger partial charge < -0.3 is 13.9 Å². The highest BCUT2D eigenvalue weighted by Gasteiger charge is 2.20. The van der Waals surface area contributed by atoms with Crippen LogP contribution in [0.5, 0.6) is 0 Å². The van der Waals surface area contributed by atoms with Gasteiger partial charge >= 0.3 is 0 Å². The lowest BCUT2D eigenvalue weighted by molar-refractivity contribution is 0.669. The number of para-hydroxylation sites is 2. The Balaban J connectivity index is 1.03. The number of benzene rings is 10. The number of hydrogen-bond donors (Lipinski definition) is 0. The van der Waals surface area contributed by atoms with Crippen LogP contribution in [0, 0.1) is 0 Å². The van der Waals surface area contributed by atoms with Crippen molar-refractivity contribution in [1.82, 2.24) is 4.57 Å². The van der Waals surface area contributed by atoms with Crippen LogP contribution < -0.4 is 4.90 Å². The predicted molar refractivity (Wildman–Crippen MR) is 249 cm³/mol. The van der Waals surface area contributed by atoms with Crippen LogP contribution in [-0.2, 0) is 0 Å². The number of furan rings is 1. The first-order valence-corrected chi connectivity index (χ1v) is 20.2. The minimum absolute atomic E-state index is 0.853. The van der Waals surface area contributed by atoms with Crippen molar-refractivity contribution in [2.75, 3.05) is 4.90 Å². The fourth-order valence-electron chi connectivity index (χ4n) is 9.20. The smallest absolute Gasteiger partial charge is 0.137 e. The summed E-state index contributed by atoms with van der Waals surface area (Å²) in [5, 5.41) is 9.51. The number of rotatable bonds is 6. The second kappa shape index (κ2) is 13.4. The van der Waals surface area contributed by atoms with Crippen molar-refractivity contribution in [1.29, 1.82) is 0 Å². The van der Waals surface area contributed by atoms with Gasteiger partial charge in [-0.3, -0.25) is 0 Å². The minimum atomic E-state index is 0.853. The van der Waals surface area contributed by atoms with Crippen molar-refractivity contribution in [2.24, 2.45) is 0 Å². The summed E-state index contributed by atoms with van der Waals surface area (Å²) in [4.78, 5) is 2.33. The Kier molecular flexibility index (Phi) is 7.54. The second-order valence-electron chi connectivity index (χ2n) is 15.3. The van der Waals surface area contributed by atoms with E-state index in [2.05, 4.69) is 228 Å². The lowest BCUT2D eigenvalue weighted by Gasteiger charge is -2.26. The Bertz CT molecular complexity index is 3540. The molecule has 10 aromatic carbocycles. The molecule has 0 amide bonds. The highest BCUT2D eigenvalue weighted by molar-refractivity contribution is 6.23. The van der Waals surface area contributed by atoms with Gasteiger partial charge in [0.1, 0.15) is 11.2 Å². The van der Waals surface area contributed by atoms with E-state index in [4.69, 9.17) is 4.42 Å². The molecule has 0 fully saturated rings. The normalized spacial score (nSPS) is 11.7. The third-order valence-electron chi connectivity index (χ3n) is 11.9. The monoisotopic (exact) mass is 752 g/mol. The number of fused-ring (bicyclic) bond motifs is 9. The second-order valence-corrected chi connectivity index (χ2v) is 15.3. The zero-order valence-corrected chi connectivity index (χ0v) is 32.1. The number of aromatic nitrogens is 1. The van der Waals surface area contributed by atoms with E-state index < -0.39 is 0 Å². The summed E-state index contributed by atoms with van der Waals surface area (Å²) in [5.41, 5.74) is 13.2. The van der Waals surface area contributed by atoms with Gasteiger partial charge in [-0.1, -0.05) is 146 Å². The largest absolute Gasteiger partial charge is 0.456 e. The van der Waals surface area contributed by atoms with E-state index in [1.807, 2.05) is 0 Å². The van der Waals surface area contributed by atoms with Crippen LogP contribution in [0.2, 0.25) is 0 Å². The Morgan fingerprint density at radius 3 is 1.83 bits per heavy atom. The molecule has 0 aliphatic heterocycles. The maximum atomic E-state index is 6.82. The van der Waals surface area contributed by atoms with Gasteiger partial charge in [-0.25, -0.2) is 0 Å². The first-order valence-electron chi connectivity index (χ1n) is 20.2. The van der Waals surface area contributed by atoms with Gasteiger partial charge in [0, 0.05) is 55.7 Å². The SMILES string of the molecule is c1ccc(-c2ccc(N(c3ccc4ccccc4c3)c3ccc4c(c3)oc3ccc5cccc(-c6ccc7c8ccccc8n(-c8ccccc8)c7c6)c5c34)cc2)cc1. The molecular weight excluding hydrogens is 717 g/mol. The van der Waals surface area contributed by atoms with Crippen molar-refractivity contribution in [3.8, 4) is 27.9 Å². The van der Waals surface area contributed by atoms with Crippen molar-refractivity contribution in [3.05, 3.63) is 218 Å². The summed E-state index contributed by atoms with van der Waals surface area (Å²) in [6.07, 6.45) is 0. The van der Waals surface area contributed by atoms with Crippen LogP contribution in [0.15, 0.2) is 223 Å². The fraction of sp³-hybridized carbons (Fsp3) is 0. The number of anilines is 3. The third kappa shape index (κ3) is 5.44. The number of nitrogens with zero attached hydrogens (tertiary/aromatic N) is 2. The van der Waals surface area contributed by atoms with E-state index >= 15 is 0 Å². The molecule has 0 N–H and O–H groups in total. The van der Waals surface area contributed by atoms with Crippen molar-refractivity contribution in [2.45, 2.75) is 0 Å². The van der Waals surface area contributed by atoms with Gasteiger partial charge in [0.05, 0.1) is 11.0 Å². The lowest BCUT2D eigenvalue weighted by Crippen LogP contribution is -2.09. The molecule has 0 unspecified atom stereocenters. The maximum absolute atomic E-state index is 6.82. The van der Waals surface area contributed by atoms with Gasteiger partial charge in [-0.2, -0.15) is 0 Å². The highest BCUT2D eigenvalue weighted by Crippen LogP contribution is 2.44. The molecule has 12 aromatic rings.